The van der Waals surface area contributed by atoms with Crippen LogP contribution >= 0.6 is 0 Å². The van der Waals surface area contributed by atoms with Crippen LogP contribution < -0.4 is 0 Å². The van der Waals surface area contributed by atoms with Gasteiger partial charge in [-0.05, 0) is 6.54 Å². The van der Waals surface area contributed by atoms with E-state index in [-0.39, 0.29) is 6.42 Å². The lowest BCUT2D eigenvalue weighted by molar-refractivity contribution is -0.137. The van der Waals surface area contributed by atoms with Gasteiger partial charge in [-0.25, -0.2) is 4.98 Å². The predicted molar refractivity (Wildman–Crippen MR) is 54.2 cm³/mol. The summed E-state index contributed by atoms with van der Waals surface area (Å²) >= 11 is 0. The molecule has 0 aliphatic carbocycles. The highest BCUT2D eigenvalue weighted by molar-refractivity contribution is 5.66. The first kappa shape index (κ1) is 11.6. The van der Waals surface area contributed by atoms with Gasteiger partial charge in [0, 0.05) is 13.6 Å². The van der Waals surface area contributed by atoms with Crippen LogP contribution in [-0.2, 0) is 18.4 Å². The van der Waals surface area contributed by atoms with Crippen molar-refractivity contribution in [2.75, 3.05) is 13.1 Å². The first-order valence-corrected chi connectivity index (χ1v) is 4.90. The number of carboxylic acids is 1. The molecule has 0 saturated carbocycles. The number of aliphatic carboxylic acids is 1. The van der Waals surface area contributed by atoms with Crippen molar-refractivity contribution in [1.29, 1.82) is 0 Å². The van der Waals surface area contributed by atoms with Crippen LogP contribution in [0.5, 0.6) is 0 Å². The summed E-state index contributed by atoms with van der Waals surface area (Å²) in [5.41, 5.74) is 0. The summed E-state index contributed by atoms with van der Waals surface area (Å²) in [7, 11) is 1.83. The first-order chi connectivity index (χ1) is 7.13. The third-order valence-corrected chi connectivity index (χ3v) is 2.26. The van der Waals surface area contributed by atoms with E-state index >= 15 is 0 Å². The fourth-order valence-electron chi connectivity index (χ4n) is 1.27. The third kappa shape index (κ3) is 3.67. The van der Waals surface area contributed by atoms with E-state index in [4.69, 9.17) is 5.11 Å². The molecule has 1 heterocycles. The summed E-state index contributed by atoms with van der Waals surface area (Å²) in [6.45, 7) is 3.98. The molecular formula is C9H16N4O2. The molecule has 0 fully saturated rings. The van der Waals surface area contributed by atoms with E-state index in [0.717, 1.165) is 12.4 Å². The van der Waals surface area contributed by atoms with E-state index in [0.29, 0.717) is 13.1 Å². The SMILES string of the molecule is CCN(CCC(=O)O)Cc1ncnn1C. The maximum Gasteiger partial charge on any atom is 0.304 e. The quantitative estimate of drug-likeness (QED) is 0.724. The van der Waals surface area contributed by atoms with Gasteiger partial charge in [0.05, 0.1) is 13.0 Å². The van der Waals surface area contributed by atoms with E-state index in [1.807, 2.05) is 18.9 Å². The Bertz CT molecular complexity index is 324. The number of hydrogen-bond donors (Lipinski definition) is 1. The van der Waals surface area contributed by atoms with Crippen LogP contribution in [0.1, 0.15) is 19.2 Å². The zero-order chi connectivity index (χ0) is 11.3. The van der Waals surface area contributed by atoms with Gasteiger partial charge in [0.1, 0.15) is 12.2 Å². The predicted octanol–water partition coefficient (Wildman–Crippen LogP) is 0.112. The maximum atomic E-state index is 10.4. The molecule has 6 heteroatoms. The number of carboxylic acid groups (broad SMARTS) is 1. The number of carbonyl (C=O) groups is 1. The van der Waals surface area contributed by atoms with E-state index in [1.54, 1.807) is 4.68 Å². The Balaban J connectivity index is 2.47. The summed E-state index contributed by atoms with van der Waals surface area (Å²) in [4.78, 5) is 16.5. The molecule has 84 valence electrons. The van der Waals surface area contributed by atoms with Crippen LogP contribution in [0.25, 0.3) is 0 Å². The largest absolute Gasteiger partial charge is 0.481 e. The number of hydrogen-bond acceptors (Lipinski definition) is 4. The minimum Gasteiger partial charge on any atom is -0.481 e. The molecule has 0 radical (unpaired) electrons. The van der Waals surface area contributed by atoms with Gasteiger partial charge in [0.25, 0.3) is 0 Å². The lowest BCUT2D eigenvalue weighted by Crippen LogP contribution is -2.27. The monoisotopic (exact) mass is 212 g/mol. The van der Waals surface area contributed by atoms with Crippen LogP contribution in [0.2, 0.25) is 0 Å². The topological polar surface area (TPSA) is 71.2 Å². The number of nitrogens with zero attached hydrogens (tertiary/aromatic N) is 4. The van der Waals surface area contributed by atoms with Gasteiger partial charge in [-0.3, -0.25) is 14.4 Å². The van der Waals surface area contributed by atoms with Crippen molar-refractivity contribution >= 4 is 5.97 Å². The van der Waals surface area contributed by atoms with Crippen LogP contribution in [0.4, 0.5) is 0 Å². The molecule has 0 saturated heterocycles. The zero-order valence-corrected chi connectivity index (χ0v) is 9.05. The van der Waals surface area contributed by atoms with E-state index in [9.17, 15) is 4.79 Å². The average molecular weight is 212 g/mol. The summed E-state index contributed by atoms with van der Waals surface area (Å²) in [5, 5.41) is 12.5. The highest BCUT2D eigenvalue weighted by atomic mass is 16.4. The van der Waals surface area contributed by atoms with E-state index < -0.39 is 5.97 Å². The molecule has 0 spiro atoms. The molecule has 0 aromatic carbocycles. The van der Waals surface area contributed by atoms with Crippen LogP contribution in [0.3, 0.4) is 0 Å². The Labute approximate surface area is 88.5 Å². The van der Waals surface area contributed by atoms with Gasteiger partial charge in [0.2, 0.25) is 0 Å². The van der Waals surface area contributed by atoms with Gasteiger partial charge < -0.3 is 5.11 Å². The number of rotatable bonds is 6. The molecular weight excluding hydrogens is 196 g/mol. The first-order valence-electron chi connectivity index (χ1n) is 4.90. The summed E-state index contributed by atoms with van der Waals surface area (Å²) in [6.07, 6.45) is 1.66. The molecule has 0 aliphatic rings. The molecule has 1 rings (SSSR count). The van der Waals surface area contributed by atoms with Crippen molar-refractivity contribution in [2.45, 2.75) is 19.9 Å². The fraction of sp³-hybridized carbons (Fsp3) is 0.667. The van der Waals surface area contributed by atoms with Crippen molar-refractivity contribution < 1.29 is 9.90 Å². The number of aromatic nitrogens is 3. The lowest BCUT2D eigenvalue weighted by atomic mass is 10.3. The maximum absolute atomic E-state index is 10.4. The Morgan fingerprint density at radius 1 is 1.67 bits per heavy atom. The van der Waals surface area contributed by atoms with Crippen molar-refractivity contribution in [3.63, 3.8) is 0 Å². The molecule has 6 nitrogen and oxygen atoms in total. The Hall–Kier alpha value is -1.43. The average Bonchev–Trinajstić information content (AvgIpc) is 2.58. The highest BCUT2D eigenvalue weighted by Crippen LogP contribution is 2.00. The van der Waals surface area contributed by atoms with Gasteiger partial charge >= 0.3 is 5.97 Å². The smallest absolute Gasteiger partial charge is 0.304 e. The van der Waals surface area contributed by atoms with Crippen molar-refractivity contribution in [1.82, 2.24) is 19.7 Å². The molecule has 0 unspecified atom stereocenters. The zero-order valence-electron chi connectivity index (χ0n) is 9.05. The molecule has 1 aromatic rings. The lowest BCUT2D eigenvalue weighted by Gasteiger charge is -2.18. The second kappa shape index (κ2) is 5.45. The Morgan fingerprint density at radius 3 is 2.87 bits per heavy atom. The van der Waals surface area contributed by atoms with Crippen LogP contribution in [0, 0.1) is 0 Å². The minimum atomic E-state index is -0.772. The molecule has 0 aliphatic heterocycles. The second-order valence-electron chi connectivity index (χ2n) is 3.31. The summed E-state index contributed by atoms with van der Waals surface area (Å²) in [6, 6.07) is 0. The molecule has 1 N–H and O–H groups in total. The van der Waals surface area contributed by atoms with Crippen molar-refractivity contribution in [3.05, 3.63) is 12.2 Å². The second-order valence-corrected chi connectivity index (χ2v) is 3.31. The Kier molecular flexibility index (Phi) is 4.23. The van der Waals surface area contributed by atoms with Crippen molar-refractivity contribution in [2.24, 2.45) is 7.05 Å². The number of aryl methyl sites for hydroxylation is 1. The van der Waals surface area contributed by atoms with Crippen molar-refractivity contribution in [3.8, 4) is 0 Å². The summed E-state index contributed by atoms with van der Waals surface area (Å²) < 4.78 is 1.70. The molecule has 1 aromatic heterocycles. The standard InChI is InChI=1S/C9H16N4O2/c1-3-13(5-4-9(14)15)6-8-10-7-11-12(8)2/h7H,3-6H2,1-2H3,(H,14,15). The summed E-state index contributed by atoms with van der Waals surface area (Å²) in [5.74, 6) is 0.0775. The third-order valence-electron chi connectivity index (χ3n) is 2.26. The van der Waals surface area contributed by atoms with Crippen LogP contribution in [-0.4, -0.2) is 43.8 Å². The molecule has 0 amide bonds. The van der Waals surface area contributed by atoms with Gasteiger partial charge in [-0.15, -0.1) is 0 Å². The van der Waals surface area contributed by atoms with Crippen LogP contribution in [0.15, 0.2) is 6.33 Å². The van der Waals surface area contributed by atoms with E-state index in [1.165, 1.54) is 6.33 Å². The van der Waals surface area contributed by atoms with Gasteiger partial charge in [-0.2, -0.15) is 5.10 Å². The fourth-order valence-corrected chi connectivity index (χ4v) is 1.27. The van der Waals surface area contributed by atoms with Gasteiger partial charge in [0.15, 0.2) is 0 Å². The Morgan fingerprint density at radius 2 is 2.40 bits per heavy atom. The van der Waals surface area contributed by atoms with Gasteiger partial charge in [-0.1, -0.05) is 6.92 Å². The highest BCUT2D eigenvalue weighted by Gasteiger charge is 2.09. The normalized spacial score (nSPS) is 10.9. The minimum absolute atomic E-state index is 0.158. The molecule has 0 atom stereocenters. The molecule has 15 heavy (non-hydrogen) atoms. The van der Waals surface area contributed by atoms with E-state index in [2.05, 4.69) is 10.1 Å². The molecule has 0 bridgehead atoms.